The van der Waals surface area contributed by atoms with Crippen LogP contribution in [0, 0.1) is 0 Å². The number of ether oxygens (including phenoxy) is 1. The van der Waals surface area contributed by atoms with E-state index >= 15 is 0 Å². The number of nitrogens with two attached hydrogens (primary N) is 1. The van der Waals surface area contributed by atoms with Gasteiger partial charge < -0.3 is 4.74 Å². The minimum Gasteiger partial charge on any atom is -0.467 e. The summed E-state index contributed by atoms with van der Waals surface area (Å²) >= 11 is 6.96. The Labute approximate surface area is 127 Å². The molecule has 5 nitrogen and oxygen atoms in total. The first-order valence-electron chi connectivity index (χ1n) is 5.42. The fraction of sp³-hybridized carbons (Fsp3) is 0.167. The molecule has 0 saturated heterocycles. The number of hydrogen-bond donors (Lipinski definition) is 2. The molecule has 19 heavy (non-hydrogen) atoms. The van der Waals surface area contributed by atoms with E-state index in [4.69, 9.17) is 10.6 Å². The average molecular weight is 388 g/mol. The highest BCUT2D eigenvalue weighted by Gasteiger charge is 2.16. The second-order valence-electron chi connectivity index (χ2n) is 3.77. The Kier molecular flexibility index (Phi) is 4.87. The molecule has 1 aromatic heterocycles. The van der Waals surface area contributed by atoms with Gasteiger partial charge in [0.05, 0.1) is 13.2 Å². The van der Waals surface area contributed by atoms with Crippen molar-refractivity contribution in [1.82, 2.24) is 15.4 Å². The molecule has 0 radical (unpaired) electrons. The van der Waals surface area contributed by atoms with Crippen molar-refractivity contribution < 1.29 is 4.74 Å². The van der Waals surface area contributed by atoms with Crippen molar-refractivity contribution >= 4 is 31.9 Å². The zero-order chi connectivity index (χ0) is 13.8. The van der Waals surface area contributed by atoms with Crippen molar-refractivity contribution in [2.24, 2.45) is 5.84 Å². The SMILES string of the molecule is COc1ncc(C(NN)c2cc(Br)ccc2Br)cn1. The van der Waals surface area contributed by atoms with Crippen molar-refractivity contribution in [3.05, 3.63) is 50.7 Å². The molecular formula is C12H12Br2N4O. The Morgan fingerprint density at radius 3 is 2.53 bits per heavy atom. The van der Waals surface area contributed by atoms with Crippen LogP contribution in [0.5, 0.6) is 6.01 Å². The van der Waals surface area contributed by atoms with E-state index in [-0.39, 0.29) is 6.04 Å². The molecule has 0 saturated carbocycles. The van der Waals surface area contributed by atoms with E-state index in [1.165, 1.54) is 7.11 Å². The number of nitrogens with one attached hydrogen (secondary N) is 1. The number of nitrogens with zero attached hydrogens (tertiary/aromatic N) is 2. The monoisotopic (exact) mass is 386 g/mol. The van der Waals surface area contributed by atoms with Crippen LogP contribution in [0.4, 0.5) is 0 Å². The van der Waals surface area contributed by atoms with Crippen molar-refractivity contribution in [3.63, 3.8) is 0 Å². The Bertz CT molecular complexity index is 562. The van der Waals surface area contributed by atoms with Gasteiger partial charge in [-0.2, -0.15) is 0 Å². The van der Waals surface area contributed by atoms with Crippen LogP contribution in [0.3, 0.4) is 0 Å². The standard InChI is InChI=1S/C12H12Br2N4O/c1-19-12-16-5-7(6-17-12)11(18-15)9-4-8(13)2-3-10(9)14/h2-6,11,18H,15H2,1H3. The van der Waals surface area contributed by atoms with E-state index in [2.05, 4.69) is 47.3 Å². The van der Waals surface area contributed by atoms with Crippen LogP contribution < -0.4 is 16.0 Å². The topological polar surface area (TPSA) is 73.1 Å². The summed E-state index contributed by atoms with van der Waals surface area (Å²) in [4.78, 5) is 8.18. The molecule has 0 aliphatic heterocycles. The lowest BCUT2D eigenvalue weighted by Crippen LogP contribution is -2.29. The lowest BCUT2D eigenvalue weighted by atomic mass is 10.0. The third kappa shape index (κ3) is 3.30. The Balaban J connectivity index is 2.40. The normalized spacial score (nSPS) is 12.2. The van der Waals surface area contributed by atoms with Gasteiger partial charge in [0.2, 0.25) is 0 Å². The van der Waals surface area contributed by atoms with Crippen LogP contribution in [0.25, 0.3) is 0 Å². The van der Waals surface area contributed by atoms with Gasteiger partial charge in [0.1, 0.15) is 0 Å². The molecule has 0 amide bonds. The van der Waals surface area contributed by atoms with Crippen LogP contribution >= 0.6 is 31.9 Å². The second kappa shape index (κ2) is 6.42. The quantitative estimate of drug-likeness (QED) is 0.623. The summed E-state index contributed by atoms with van der Waals surface area (Å²) in [5.41, 5.74) is 4.61. The van der Waals surface area contributed by atoms with Crippen LogP contribution in [-0.4, -0.2) is 17.1 Å². The summed E-state index contributed by atoms with van der Waals surface area (Å²) in [7, 11) is 1.53. The van der Waals surface area contributed by atoms with Crippen molar-refractivity contribution in [3.8, 4) is 6.01 Å². The molecule has 0 aliphatic carbocycles. The molecule has 1 aromatic carbocycles. The van der Waals surface area contributed by atoms with Crippen LogP contribution in [0.2, 0.25) is 0 Å². The third-order valence-electron chi connectivity index (χ3n) is 2.60. The van der Waals surface area contributed by atoms with Crippen molar-refractivity contribution in [2.45, 2.75) is 6.04 Å². The minimum absolute atomic E-state index is 0.210. The first-order chi connectivity index (χ1) is 9.15. The maximum Gasteiger partial charge on any atom is 0.316 e. The summed E-state index contributed by atoms with van der Waals surface area (Å²) in [5.74, 6) is 5.65. The predicted octanol–water partition coefficient (Wildman–Crippen LogP) is 2.56. The van der Waals surface area contributed by atoms with Gasteiger partial charge in [0, 0.05) is 26.9 Å². The van der Waals surface area contributed by atoms with Crippen LogP contribution in [0.15, 0.2) is 39.5 Å². The summed E-state index contributed by atoms with van der Waals surface area (Å²) in [5, 5.41) is 0. The lowest BCUT2D eigenvalue weighted by Gasteiger charge is -2.18. The maximum absolute atomic E-state index is 5.65. The number of methoxy groups -OCH3 is 1. The van der Waals surface area contributed by atoms with Crippen LogP contribution in [-0.2, 0) is 0 Å². The van der Waals surface area contributed by atoms with E-state index < -0.39 is 0 Å². The van der Waals surface area contributed by atoms with Crippen LogP contribution in [0.1, 0.15) is 17.2 Å². The molecule has 2 rings (SSSR count). The van der Waals surface area contributed by atoms with Gasteiger partial charge in [-0.05, 0) is 23.8 Å². The Morgan fingerprint density at radius 1 is 1.26 bits per heavy atom. The molecule has 1 atom stereocenters. The average Bonchev–Trinajstić information content (AvgIpc) is 2.44. The Morgan fingerprint density at radius 2 is 1.95 bits per heavy atom. The van der Waals surface area contributed by atoms with Crippen molar-refractivity contribution in [2.75, 3.05) is 7.11 Å². The summed E-state index contributed by atoms with van der Waals surface area (Å²) in [6, 6.07) is 6.00. The van der Waals surface area contributed by atoms with Gasteiger partial charge in [-0.15, -0.1) is 0 Å². The maximum atomic E-state index is 5.65. The van der Waals surface area contributed by atoms with E-state index in [0.29, 0.717) is 6.01 Å². The fourth-order valence-corrected chi connectivity index (χ4v) is 2.54. The largest absolute Gasteiger partial charge is 0.467 e. The third-order valence-corrected chi connectivity index (χ3v) is 3.82. The molecule has 3 N–H and O–H groups in total. The number of hydrazine groups is 1. The number of aromatic nitrogens is 2. The lowest BCUT2D eigenvalue weighted by molar-refractivity contribution is 0.378. The summed E-state index contributed by atoms with van der Waals surface area (Å²) < 4.78 is 6.87. The zero-order valence-corrected chi connectivity index (χ0v) is 13.3. The molecule has 0 fully saturated rings. The predicted molar refractivity (Wildman–Crippen MR) is 79.6 cm³/mol. The fourth-order valence-electron chi connectivity index (χ4n) is 1.68. The highest BCUT2D eigenvalue weighted by atomic mass is 79.9. The van der Waals surface area contributed by atoms with E-state index in [1.54, 1.807) is 12.4 Å². The molecule has 1 heterocycles. The number of halogens is 2. The first-order valence-corrected chi connectivity index (χ1v) is 7.01. The van der Waals surface area contributed by atoms with Gasteiger partial charge in [-0.1, -0.05) is 31.9 Å². The molecule has 100 valence electrons. The molecule has 7 heteroatoms. The van der Waals surface area contributed by atoms with Crippen molar-refractivity contribution in [1.29, 1.82) is 0 Å². The molecule has 1 unspecified atom stereocenters. The molecule has 0 aliphatic rings. The van der Waals surface area contributed by atoms with E-state index in [9.17, 15) is 0 Å². The Hall–Kier alpha value is -1.02. The molecule has 2 aromatic rings. The highest BCUT2D eigenvalue weighted by Crippen LogP contribution is 2.30. The highest BCUT2D eigenvalue weighted by molar-refractivity contribution is 9.11. The van der Waals surface area contributed by atoms with E-state index in [0.717, 1.165) is 20.1 Å². The summed E-state index contributed by atoms with van der Waals surface area (Å²) in [6.07, 6.45) is 3.37. The van der Waals surface area contributed by atoms with Gasteiger partial charge in [0.25, 0.3) is 0 Å². The second-order valence-corrected chi connectivity index (χ2v) is 5.54. The molecule has 0 spiro atoms. The van der Waals surface area contributed by atoms with Gasteiger partial charge in [0.15, 0.2) is 0 Å². The molecule has 0 bridgehead atoms. The molecular weight excluding hydrogens is 376 g/mol. The zero-order valence-electron chi connectivity index (χ0n) is 10.1. The van der Waals surface area contributed by atoms with Gasteiger partial charge in [-0.25, -0.2) is 15.4 Å². The number of benzene rings is 1. The van der Waals surface area contributed by atoms with E-state index in [1.807, 2.05) is 18.2 Å². The minimum atomic E-state index is -0.210. The number of rotatable bonds is 4. The van der Waals surface area contributed by atoms with Gasteiger partial charge >= 0.3 is 6.01 Å². The smallest absolute Gasteiger partial charge is 0.316 e. The first kappa shape index (κ1) is 14.4. The van der Waals surface area contributed by atoms with Gasteiger partial charge in [-0.3, -0.25) is 5.84 Å². The summed E-state index contributed by atoms with van der Waals surface area (Å²) in [6.45, 7) is 0. The number of hydrogen-bond acceptors (Lipinski definition) is 5.